The summed E-state index contributed by atoms with van der Waals surface area (Å²) < 4.78 is 21.6. The van der Waals surface area contributed by atoms with Crippen molar-refractivity contribution < 1.29 is 44.2 Å². The number of rotatable bonds is 4. The summed E-state index contributed by atoms with van der Waals surface area (Å²) in [6.45, 7) is 1.49. The molecule has 2 heterocycles. The van der Waals surface area contributed by atoms with E-state index in [0.717, 1.165) is 12.8 Å². The summed E-state index contributed by atoms with van der Waals surface area (Å²) >= 11 is 0. The summed E-state index contributed by atoms with van der Waals surface area (Å²) in [5.74, 6) is -0.494. The second-order valence-corrected chi connectivity index (χ2v) is 7.14. The molecule has 1 aliphatic carbocycles. The molecule has 0 radical (unpaired) electrons. The maximum atomic E-state index is 12.0. The van der Waals surface area contributed by atoms with Crippen LogP contribution in [0.15, 0.2) is 11.8 Å². The Balaban J connectivity index is 1.77. The summed E-state index contributed by atoms with van der Waals surface area (Å²) in [6.07, 6.45) is -4.63. The quantitative estimate of drug-likeness (QED) is 0.451. The van der Waals surface area contributed by atoms with E-state index >= 15 is 0 Å². The fourth-order valence-electron chi connectivity index (χ4n) is 4.12. The first-order valence-corrected chi connectivity index (χ1v) is 8.78. The van der Waals surface area contributed by atoms with Gasteiger partial charge in [-0.15, -0.1) is 0 Å². The molecule has 0 amide bonds. The number of hydrogen-bond acceptors (Lipinski definition) is 9. The highest BCUT2D eigenvalue weighted by Crippen LogP contribution is 2.47. The van der Waals surface area contributed by atoms with Gasteiger partial charge >= 0.3 is 5.97 Å². The Morgan fingerprint density at radius 2 is 1.92 bits per heavy atom. The van der Waals surface area contributed by atoms with Crippen molar-refractivity contribution in [3.05, 3.63) is 11.8 Å². The first-order valence-electron chi connectivity index (χ1n) is 8.78. The number of aliphatic hydroxyl groups excluding tert-OH is 4. The van der Waals surface area contributed by atoms with Crippen molar-refractivity contribution in [2.45, 2.75) is 56.8 Å². The normalized spacial score (nSPS) is 45.5. The molecule has 1 saturated heterocycles. The number of ether oxygens (including phenoxy) is 4. The minimum Gasteiger partial charge on any atom is -0.472 e. The molecule has 2 aliphatic heterocycles. The van der Waals surface area contributed by atoms with Gasteiger partial charge in [0.15, 0.2) is 6.29 Å². The Morgan fingerprint density at radius 3 is 2.58 bits per heavy atom. The molecule has 3 rings (SSSR count). The number of methoxy groups -OCH3 is 1. The van der Waals surface area contributed by atoms with Crippen LogP contribution in [-0.2, 0) is 23.7 Å². The van der Waals surface area contributed by atoms with Gasteiger partial charge in [-0.3, -0.25) is 0 Å². The van der Waals surface area contributed by atoms with Gasteiger partial charge in [0.05, 0.1) is 25.6 Å². The zero-order valence-electron chi connectivity index (χ0n) is 14.7. The van der Waals surface area contributed by atoms with E-state index in [1.54, 1.807) is 0 Å². The van der Waals surface area contributed by atoms with E-state index in [9.17, 15) is 25.2 Å². The highest BCUT2D eigenvalue weighted by atomic mass is 16.8. The second kappa shape index (κ2) is 7.79. The summed E-state index contributed by atoms with van der Waals surface area (Å²) in [5, 5.41) is 39.2. The van der Waals surface area contributed by atoms with Crippen LogP contribution in [0, 0.1) is 17.8 Å². The predicted octanol–water partition coefficient (Wildman–Crippen LogP) is -1.12. The van der Waals surface area contributed by atoms with Crippen LogP contribution >= 0.6 is 0 Å². The van der Waals surface area contributed by atoms with Gasteiger partial charge in [-0.05, 0) is 18.8 Å². The summed E-state index contributed by atoms with van der Waals surface area (Å²) in [6, 6.07) is 0. The largest absolute Gasteiger partial charge is 0.472 e. The molecular formula is C17H26O9. The Bertz CT molecular complexity index is 548. The van der Waals surface area contributed by atoms with E-state index in [0.29, 0.717) is 5.57 Å². The third kappa shape index (κ3) is 3.35. The van der Waals surface area contributed by atoms with Crippen LogP contribution in [0.5, 0.6) is 0 Å². The van der Waals surface area contributed by atoms with Gasteiger partial charge in [-0.1, -0.05) is 6.92 Å². The van der Waals surface area contributed by atoms with Gasteiger partial charge in [-0.2, -0.15) is 0 Å². The van der Waals surface area contributed by atoms with Crippen LogP contribution in [0.3, 0.4) is 0 Å². The van der Waals surface area contributed by atoms with Crippen LogP contribution in [0.25, 0.3) is 0 Å². The molecule has 9 heteroatoms. The molecule has 9 nitrogen and oxygen atoms in total. The SMILES string of the molecule is COC(=O)C1=CO[C@H](O[C@@H]2O[C@H](CO)[C@@H](O)[C@H](O)[C@H]2O)[C@H]2[C@@H](C)CC[C@@H]12. The fourth-order valence-corrected chi connectivity index (χ4v) is 4.12. The van der Waals surface area contributed by atoms with Crippen LogP contribution in [0.4, 0.5) is 0 Å². The molecule has 3 aliphatic rings. The molecule has 0 spiro atoms. The van der Waals surface area contributed by atoms with E-state index in [4.69, 9.17) is 18.9 Å². The Labute approximate surface area is 151 Å². The summed E-state index contributed by atoms with van der Waals surface area (Å²) in [7, 11) is 1.31. The zero-order valence-corrected chi connectivity index (χ0v) is 14.7. The van der Waals surface area contributed by atoms with E-state index < -0.39 is 49.6 Å². The minimum absolute atomic E-state index is 0.0962. The molecule has 0 aromatic rings. The standard InChI is InChI=1S/C17H26O9/c1-7-3-4-8-9(15(22)23-2)6-24-16(11(7)8)26-17-14(21)13(20)12(19)10(5-18)25-17/h6-8,10-14,16-21H,3-5H2,1-2H3/t7-,8-,10+,11-,12+,13-,14+,16+,17-/m0/s1. The lowest BCUT2D eigenvalue weighted by atomic mass is 9.83. The van der Waals surface area contributed by atoms with E-state index in [-0.39, 0.29) is 17.8 Å². The maximum absolute atomic E-state index is 12.0. The lowest BCUT2D eigenvalue weighted by Crippen LogP contribution is -2.60. The maximum Gasteiger partial charge on any atom is 0.337 e. The third-order valence-electron chi connectivity index (χ3n) is 5.64. The van der Waals surface area contributed by atoms with Crippen molar-refractivity contribution in [1.29, 1.82) is 0 Å². The average molecular weight is 374 g/mol. The number of carbonyl (C=O) groups excluding carboxylic acids is 1. The molecule has 0 unspecified atom stereocenters. The monoisotopic (exact) mass is 374 g/mol. The van der Waals surface area contributed by atoms with Gasteiger partial charge in [0.1, 0.15) is 24.4 Å². The zero-order chi connectivity index (χ0) is 19.0. The van der Waals surface area contributed by atoms with Crippen molar-refractivity contribution in [1.82, 2.24) is 0 Å². The van der Waals surface area contributed by atoms with Gasteiger partial charge in [0.2, 0.25) is 6.29 Å². The Hall–Kier alpha value is -1.23. The molecule has 0 aromatic heterocycles. The number of carbonyl (C=O) groups is 1. The highest BCUT2D eigenvalue weighted by Gasteiger charge is 2.50. The first kappa shape index (κ1) is 19.5. The van der Waals surface area contributed by atoms with Crippen LogP contribution in [0.1, 0.15) is 19.8 Å². The number of esters is 1. The van der Waals surface area contributed by atoms with Crippen molar-refractivity contribution in [2.75, 3.05) is 13.7 Å². The molecular weight excluding hydrogens is 348 g/mol. The lowest BCUT2D eigenvalue weighted by Gasteiger charge is -2.43. The van der Waals surface area contributed by atoms with Crippen molar-refractivity contribution >= 4 is 5.97 Å². The van der Waals surface area contributed by atoms with Gasteiger partial charge < -0.3 is 39.4 Å². The van der Waals surface area contributed by atoms with Crippen molar-refractivity contribution in [3.63, 3.8) is 0 Å². The number of aliphatic hydroxyl groups is 4. The minimum atomic E-state index is -1.52. The highest BCUT2D eigenvalue weighted by molar-refractivity contribution is 5.89. The van der Waals surface area contributed by atoms with E-state index in [1.165, 1.54) is 13.4 Å². The predicted molar refractivity (Wildman–Crippen MR) is 85.2 cm³/mol. The van der Waals surface area contributed by atoms with Gasteiger partial charge in [-0.25, -0.2) is 4.79 Å². The second-order valence-electron chi connectivity index (χ2n) is 7.14. The van der Waals surface area contributed by atoms with Crippen LogP contribution in [-0.4, -0.2) is 77.1 Å². The van der Waals surface area contributed by atoms with Crippen molar-refractivity contribution in [3.8, 4) is 0 Å². The van der Waals surface area contributed by atoms with Gasteiger partial charge in [0.25, 0.3) is 0 Å². The topological polar surface area (TPSA) is 135 Å². The van der Waals surface area contributed by atoms with Crippen molar-refractivity contribution in [2.24, 2.45) is 17.8 Å². The average Bonchev–Trinajstić information content (AvgIpc) is 3.04. The molecule has 0 bridgehead atoms. The van der Waals surface area contributed by atoms with Crippen LogP contribution < -0.4 is 0 Å². The smallest absolute Gasteiger partial charge is 0.337 e. The molecule has 9 atom stereocenters. The molecule has 2 fully saturated rings. The van der Waals surface area contributed by atoms with Gasteiger partial charge in [0, 0.05) is 11.8 Å². The van der Waals surface area contributed by atoms with Crippen LogP contribution in [0.2, 0.25) is 0 Å². The molecule has 148 valence electrons. The summed E-state index contributed by atoms with van der Waals surface area (Å²) in [5.41, 5.74) is 0.454. The van der Waals surface area contributed by atoms with E-state index in [2.05, 4.69) is 0 Å². The molecule has 4 N–H and O–H groups in total. The first-order chi connectivity index (χ1) is 12.4. The fraction of sp³-hybridized carbons (Fsp3) is 0.824. The molecule has 1 saturated carbocycles. The molecule has 0 aromatic carbocycles. The number of hydrogen-bond donors (Lipinski definition) is 4. The Kier molecular flexibility index (Phi) is 5.85. The Morgan fingerprint density at radius 1 is 1.19 bits per heavy atom. The third-order valence-corrected chi connectivity index (χ3v) is 5.64. The van der Waals surface area contributed by atoms with E-state index in [1.807, 2.05) is 6.92 Å². The summed E-state index contributed by atoms with van der Waals surface area (Å²) in [4.78, 5) is 12.0. The lowest BCUT2D eigenvalue weighted by molar-refractivity contribution is -0.342. The number of fused-ring (bicyclic) bond motifs is 1. The molecule has 26 heavy (non-hydrogen) atoms.